The molecule has 0 spiro atoms. The van der Waals surface area contributed by atoms with Crippen molar-refractivity contribution in [2.24, 2.45) is 11.8 Å². The van der Waals surface area contributed by atoms with Crippen LogP contribution in [0.2, 0.25) is 0 Å². The van der Waals surface area contributed by atoms with Crippen LogP contribution >= 0.6 is 11.8 Å². The summed E-state index contributed by atoms with van der Waals surface area (Å²) in [5.41, 5.74) is 0. The summed E-state index contributed by atoms with van der Waals surface area (Å²) in [5, 5.41) is 3.52. The van der Waals surface area contributed by atoms with Gasteiger partial charge in [0.2, 0.25) is 0 Å². The topological polar surface area (TPSA) is 12.0 Å². The Bertz CT molecular complexity index is 122. The zero-order valence-electron chi connectivity index (χ0n) is 9.72. The molecule has 0 heterocycles. The molecule has 1 aliphatic rings. The molecule has 1 N–H and O–H groups in total. The van der Waals surface area contributed by atoms with E-state index in [1.165, 1.54) is 44.4 Å². The van der Waals surface area contributed by atoms with Gasteiger partial charge in [-0.15, -0.1) is 0 Å². The highest BCUT2D eigenvalue weighted by atomic mass is 32.2. The van der Waals surface area contributed by atoms with Gasteiger partial charge in [-0.25, -0.2) is 0 Å². The van der Waals surface area contributed by atoms with Crippen molar-refractivity contribution in [1.82, 2.24) is 5.32 Å². The van der Waals surface area contributed by atoms with Crippen LogP contribution in [0.4, 0.5) is 0 Å². The summed E-state index contributed by atoms with van der Waals surface area (Å²) in [7, 11) is 0. The molecule has 1 saturated carbocycles. The lowest BCUT2D eigenvalue weighted by molar-refractivity contribution is 0.226. The summed E-state index contributed by atoms with van der Waals surface area (Å²) in [6.45, 7) is 4.60. The van der Waals surface area contributed by atoms with E-state index in [1.54, 1.807) is 0 Å². The minimum atomic E-state index is 0.968. The van der Waals surface area contributed by atoms with Crippen molar-refractivity contribution in [3.05, 3.63) is 0 Å². The quantitative estimate of drug-likeness (QED) is 0.730. The first kappa shape index (κ1) is 12.4. The second kappa shape index (κ2) is 7.58. The van der Waals surface area contributed by atoms with Crippen LogP contribution in [0.1, 0.15) is 39.0 Å². The molecule has 2 heteroatoms. The molecule has 1 fully saturated rings. The zero-order valence-corrected chi connectivity index (χ0v) is 10.5. The van der Waals surface area contributed by atoms with Crippen LogP contribution in [-0.2, 0) is 0 Å². The van der Waals surface area contributed by atoms with Crippen LogP contribution in [0.3, 0.4) is 0 Å². The summed E-state index contributed by atoms with van der Waals surface area (Å²) in [5.74, 6) is 3.33. The van der Waals surface area contributed by atoms with Crippen molar-refractivity contribution in [3.8, 4) is 0 Å². The molecular weight excluding hydrogens is 190 g/mol. The van der Waals surface area contributed by atoms with E-state index in [1.807, 2.05) is 11.8 Å². The van der Waals surface area contributed by atoms with Gasteiger partial charge in [-0.3, -0.25) is 0 Å². The standard InChI is InChI=1S/C12H25NS/c1-3-13-10-12-7-5-4-6-11(12)8-9-14-2/h11-13H,3-10H2,1-2H3. The Kier molecular flexibility index (Phi) is 6.70. The van der Waals surface area contributed by atoms with Crippen LogP contribution in [0, 0.1) is 11.8 Å². The highest BCUT2D eigenvalue weighted by Gasteiger charge is 2.23. The van der Waals surface area contributed by atoms with Gasteiger partial charge in [0.15, 0.2) is 0 Å². The molecule has 1 rings (SSSR count). The van der Waals surface area contributed by atoms with Crippen molar-refractivity contribution in [1.29, 1.82) is 0 Å². The SMILES string of the molecule is CCNCC1CCCCC1CCSC. The normalized spacial score (nSPS) is 27.9. The van der Waals surface area contributed by atoms with E-state index >= 15 is 0 Å². The Morgan fingerprint density at radius 2 is 1.93 bits per heavy atom. The summed E-state index contributed by atoms with van der Waals surface area (Å²) < 4.78 is 0. The second-order valence-corrected chi connectivity index (χ2v) is 5.38. The van der Waals surface area contributed by atoms with E-state index in [-0.39, 0.29) is 0 Å². The Morgan fingerprint density at radius 3 is 2.57 bits per heavy atom. The Hall–Kier alpha value is 0.310. The van der Waals surface area contributed by atoms with Gasteiger partial charge in [-0.2, -0.15) is 11.8 Å². The molecule has 1 nitrogen and oxygen atoms in total. The molecule has 0 saturated heterocycles. The van der Waals surface area contributed by atoms with Crippen molar-refractivity contribution < 1.29 is 0 Å². The van der Waals surface area contributed by atoms with E-state index in [4.69, 9.17) is 0 Å². The van der Waals surface area contributed by atoms with Gasteiger partial charge >= 0.3 is 0 Å². The molecule has 0 aliphatic heterocycles. The van der Waals surface area contributed by atoms with Crippen LogP contribution in [0.5, 0.6) is 0 Å². The van der Waals surface area contributed by atoms with Crippen molar-refractivity contribution in [3.63, 3.8) is 0 Å². The van der Waals surface area contributed by atoms with Gasteiger partial charge in [-0.05, 0) is 49.8 Å². The van der Waals surface area contributed by atoms with Crippen molar-refractivity contribution in [2.45, 2.75) is 39.0 Å². The average molecular weight is 215 g/mol. The average Bonchev–Trinajstić information content (AvgIpc) is 2.24. The van der Waals surface area contributed by atoms with E-state index in [9.17, 15) is 0 Å². The van der Waals surface area contributed by atoms with E-state index in [0.29, 0.717) is 0 Å². The van der Waals surface area contributed by atoms with Crippen LogP contribution in [0.15, 0.2) is 0 Å². The molecule has 84 valence electrons. The predicted molar refractivity (Wildman–Crippen MR) is 67.0 cm³/mol. The van der Waals surface area contributed by atoms with Crippen molar-refractivity contribution >= 4 is 11.8 Å². The first-order valence-corrected chi connectivity index (χ1v) is 7.47. The van der Waals surface area contributed by atoms with E-state index in [0.717, 1.165) is 18.4 Å². The van der Waals surface area contributed by atoms with Gasteiger partial charge < -0.3 is 5.32 Å². The van der Waals surface area contributed by atoms with Gasteiger partial charge in [0, 0.05) is 0 Å². The lowest BCUT2D eigenvalue weighted by Crippen LogP contribution is -2.30. The van der Waals surface area contributed by atoms with E-state index < -0.39 is 0 Å². The minimum absolute atomic E-state index is 0.968. The maximum absolute atomic E-state index is 3.52. The molecular formula is C12H25NS. The molecule has 14 heavy (non-hydrogen) atoms. The fourth-order valence-corrected chi connectivity index (χ4v) is 3.07. The lowest BCUT2D eigenvalue weighted by atomic mass is 9.78. The highest BCUT2D eigenvalue weighted by molar-refractivity contribution is 7.98. The molecule has 2 atom stereocenters. The van der Waals surface area contributed by atoms with Gasteiger partial charge in [-0.1, -0.05) is 26.2 Å². The lowest BCUT2D eigenvalue weighted by Gasteiger charge is -2.31. The summed E-state index contributed by atoms with van der Waals surface area (Å²) in [6.07, 6.45) is 9.55. The third-order valence-electron chi connectivity index (χ3n) is 3.42. The monoisotopic (exact) mass is 215 g/mol. The Balaban J connectivity index is 2.26. The van der Waals surface area contributed by atoms with Crippen LogP contribution in [-0.4, -0.2) is 25.1 Å². The van der Waals surface area contributed by atoms with E-state index in [2.05, 4.69) is 18.5 Å². The minimum Gasteiger partial charge on any atom is -0.317 e. The number of hydrogen-bond donors (Lipinski definition) is 1. The third-order valence-corrected chi connectivity index (χ3v) is 4.06. The van der Waals surface area contributed by atoms with Crippen molar-refractivity contribution in [2.75, 3.05) is 25.1 Å². The number of rotatable bonds is 6. The second-order valence-electron chi connectivity index (χ2n) is 4.39. The first-order valence-electron chi connectivity index (χ1n) is 6.08. The summed E-state index contributed by atoms with van der Waals surface area (Å²) in [4.78, 5) is 0. The summed E-state index contributed by atoms with van der Waals surface area (Å²) in [6, 6.07) is 0. The fourth-order valence-electron chi connectivity index (χ4n) is 2.53. The molecule has 0 bridgehead atoms. The molecule has 0 amide bonds. The largest absolute Gasteiger partial charge is 0.317 e. The first-order chi connectivity index (χ1) is 6.88. The van der Waals surface area contributed by atoms with Gasteiger partial charge in [0.25, 0.3) is 0 Å². The Labute approximate surface area is 93.4 Å². The predicted octanol–water partition coefficient (Wildman–Crippen LogP) is 3.16. The smallest absolute Gasteiger partial charge is 0.00180 e. The molecule has 0 aromatic rings. The molecule has 2 unspecified atom stereocenters. The number of hydrogen-bond acceptors (Lipinski definition) is 2. The molecule has 0 radical (unpaired) electrons. The number of thioether (sulfide) groups is 1. The summed E-state index contributed by atoms with van der Waals surface area (Å²) >= 11 is 2.00. The maximum Gasteiger partial charge on any atom is -0.00180 e. The Morgan fingerprint density at radius 1 is 1.21 bits per heavy atom. The number of nitrogens with one attached hydrogen (secondary N) is 1. The molecule has 0 aromatic carbocycles. The van der Waals surface area contributed by atoms with Gasteiger partial charge in [0.1, 0.15) is 0 Å². The molecule has 0 aromatic heterocycles. The van der Waals surface area contributed by atoms with Gasteiger partial charge in [0.05, 0.1) is 0 Å². The van der Waals surface area contributed by atoms with Crippen LogP contribution < -0.4 is 5.32 Å². The highest BCUT2D eigenvalue weighted by Crippen LogP contribution is 2.32. The third kappa shape index (κ3) is 4.22. The maximum atomic E-state index is 3.52. The zero-order chi connectivity index (χ0) is 10.2. The molecule has 1 aliphatic carbocycles. The fraction of sp³-hybridized carbons (Fsp3) is 1.00. The van der Waals surface area contributed by atoms with Crippen LogP contribution in [0.25, 0.3) is 0 Å².